The van der Waals surface area contributed by atoms with E-state index in [-0.39, 0.29) is 17.5 Å². The summed E-state index contributed by atoms with van der Waals surface area (Å²) in [6.45, 7) is 6.77. The number of halogens is 1. The van der Waals surface area contributed by atoms with Gasteiger partial charge in [0.25, 0.3) is 0 Å². The average molecular weight is 192 g/mol. The fraction of sp³-hybridized carbons (Fsp3) is 0.250. The van der Waals surface area contributed by atoms with Crippen LogP contribution >= 0.6 is 0 Å². The third kappa shape index (κ3) is 2.08. The highest BCUT2D eigenvalue weighted by Crippen LogP contribution is 2.19. The fourth-order valence-electron chi connectivity index (χ4n) is 1.21. The molecule has 0 N–H and O–H groups in total. The maximum absolute atomic E-state index is 13.3. The van der Waals surface area contributed by atoms with Crippen molar-refractivity contribution < 1.29 is 9.18 Å². The molecular weight excluding hydrogens is 179 g/mol. The van der Waals surface area contributed by atoms with Gasteiger partial charge in [-0.15, -0.1) is 0 Å². The quantitative estimate of drug-likeness (QED) is 0.719. The minimum atomic E-state index is -0.328. The van der Waals surface area contributed by atoms with Gasteiger partial charge in [-0.05, 0) is 18.6 Å². The Kier molecular flexibility index (Phi) is 3.18. The molecule has 0 radical (unpaired) electrons. The average Bonchev–Trinajstić information content (AvgIpc) is 2.16. The SMILES string of the molecule is C=Cc1ccc(C(C)C(C)=O)cc1F. The van der Waals surface area contributed by atoms with Crippen LogP contribution in [0.1, 0.15) is 30.9 Å². The molecule has 74 valence electrons. The Morgan fingerprint density at radius 1 is 1.57 bits per heavy atom. The van der Waals surface area contributed by atoms with E-state index in [2.05, 4.69) is 6.58 Å². The van der Waals surface area contributed by atoms with Gasteiger partial charge in [0.05, 0.1) is 0 Å². The Morgan fingerprint density at radius 3 is 2.64 bits per heavy atom. The molecule has 0 saturated carbocycles. The first kappa shape index (κ1) is 10.6. The van der Waals surface area contributed by atoms with E-state index in [1.807, 2.05) is 0 Å². The van der Waals surface area contributed by atoms with E-state index in [0.29, 0.717) is 11.1 Å². The second-order valence-electron chi connectivity index (χ2n) is 3.32. The van der Waals surface area contributed by atoms with Crippen molar-refractivity contribution in [1.29, 1.82) is 0 Å². The van der Waals surface area contributed by atoms with Gasteiger partial charge in [0.1, 0.15) is 11.6 Å². The molecule has 1 nitrogen and oxygen atoms in total. The van der Waals surface area contributed by atoms with E-state index in [1.165, 1.54) is 19.1 Å². The van der Waals surface area contributed by atoms with Crippen LogP contribution in [-0.4, -0.2) is 5.78 Å². The Balaban J connectivity index is 3.08. The molecule has 0 heterocycles. The summed E-state index contributed by atoms with van der Waals surface area (Å²) in [5, 5.41) is 0. The molecular formula is C12H13FO. The Hall–Kier alpha value is -1.44. The van der Waals surface area contributed by atoms with Gasteiger partial charge in [0.15, 0.2) is 0 Å². The number of hydrogen-bond donors (Lipinski definition) is 0. The first-order valence-electron chi connectivity index (χ1n) is 4.48. The lowest BCUT2D eigenvalue weighted by Gasteiger charge is -2.08. The molecule has 0 bridgehead atoms. The molecule has 1 rings (SSSR count). The lowest BCUT2D eigenvalue weighted by molar-refractivity contribution is -0.118. The third-order valence-corrected chi connectivity index (χ3v) is 2.35. The maximum atomic E-state index is 13.3. The van der Waals surface area contributed by atoms with Crippen molar-refractivity contribution in [2.24, 2.45) is 0 Å². The van der Waals surface area contributed by atoms with Gasteiger partial charge in [-0.2, -0.15) is 0 Å². The van der Waals surface area contributed by atoms with Gasteiger partial charge in [-0.1, -0.05) is 31.7 Å². The molecule has 0 amide bonds. The third-order valence-electron chi connectivity index (χ3n) is 2.35. The van der Waals surface area contributed by atoms with E-state index in [0.717, 1.165) is 0 Å². The Labute approximate surface area is 83.3 Å². The zero-order valence-corrected chi connectivity index (χ0v) is 8.38. The second-order valence-corrected chi connectivity index (χ2v) is 3.32. The minimum absolute atomic E-state index is 0.0377. The van der Waals surface area contributed by atoms with Gasteiger partial charge in [0, 0.05) is 11.5 Å². The molecule has 0 spiro atoms. The van der Waals surface area contributed by atoms with E-state index in [9.17, 15) is 9.18 Å². The molecule has 0 aromatic heterocycles. The Bertz CT molecular complexity index is 369. The number of rotatable bonds is 3. The smallest absolute Gasteiger partial charge is 0.136 e. The molecule has 0 aliphatic rings. The van der Waals surface area contributed by atoms with Gasteiger partial charge >= 0.3 is 0 Å². The molecule has 0 aliphatic heterocycles. The first-order chi connectivity index (χ1) is 6.56. The monoisotopic (exact) mass is 192 g/mol. The fourth-order valence-corrected chi connectivity index (χ4v) is 1.21. The number of carbonyl (C=O) groups is 1. The van der Waals surface area contributed by atoms with E-state index < -0.39 is 0 Å². The van der Waals surface area contributed by atoms with Crippen molar-refractivity contribution in [1.82, 2.24) is 0 Å². The molecule has 0 aliphatic carbocycles. The molecule has 0 saturated heterocycles. The van der Waals surface area contributed by atoms with Crippen LogP contribution in [0.25, 0.3) is 6.08 Å². The van der Waals surface area contributed by atoms with Gasteiger partial charge in [0.2, 0.25) is 0 Å². The summed E-state index contributed by atoms with van der Waals surface area (Å²) in [5.74, 6) is -0.537. The molecule has 1 atom stereocenters. The maximum Gasteiger partial charge on any atom is 0.136 e. The summed E-state index contributed by atoms with van der Waals surface area (Å²) >= 11 is 0. The van der Waals surface area contributed by atoms with Crippen molar-refractivity contribution >= 4 is 11.9 Å². The molecule has 1 unspecified atom stereocenters. The largest absolute Gasteiger partial charge is 0.299 e. The molecule has 14 heavy (non-hydrogen) atoms. The molecule has 1 aromatic rings. The lowest BCUT2D eigenvalue weighted by atomic mass is 9.96. The summed E-state index contributed by atoms with van der Waals surface area (Å²) in [7, 11) is 0. The van der Waals surface area contributed by atoms with Gasteiger partial charge in [-0.3, -0.25) is 4.79 Å². The van der Waals surface area contributed by atoms with Crippen molar-refractivity contribution in [3.05, 3.63) is 41.7 Å². The van der Waals surface area contributed by atoms with Gasteiger partial charge in [-0.25, -0.2) is 4.39 Å². The van der Waals surface area contributed by atoms with Crippen LogP contribution in [-0.2, 0) is 4.79 Å². The van der Waals surface area contributed by atoms with Gasteiger partial charge < -0.3 is 0 Å². The zero-order chi connectivity index (χ0) is 10.7. The molecule has 1 aromatic carbocycles. The predicted octanol–water partition coefficient (Wildman–Crippen LogP) is 3.16. The number of carbonyl (C=O) groups excluding carboxylic acids is 1. The standard InChI is InChI=1S/C12H13FO/c1-4-10-5-6-11(7-12(10)13)8(2)9(3)14/h4-8H,1H2,2-3H3. The van der Waals surface area contributed by atoms with Crippen LogP contribution in [0.15, 0.2) is 24.8 Å². The van der Waals surface area contributed by atoms with Crippen LogP contribution < -0.4 is 0 Å². The highest BCUT2D eigenvalue weighted by molar-refractivity contribution is 5.82. The predicted molar refractivity (Wildman–Crippen MR) is 55.6 cm³/mol. The van der Waals surface area contributed by atoms with Crippen LogP contribution in [0.4, 0.5) is 4.39 Å². The van der Waals surface area contributed by atoms with Crippen molar-refractivity contribution in [2.75, 3.05) is 0 Å². The summed E-state index contributed by atoms with van der Waals surface area (Å²) in [6, 6.07) is 4.78. The highest BCUT2D eigenvalue weighted by atomic mass is 19.1. The zero-order valence-electron chi connectivity index (χ0n) is 8.38. The summed E-state index contributed by atoms with van der Waals surface area (Å²) in [5.41, 5.74) is 1.17. The number of hydrogen-bond acceptors (Lipinski definition) is 1. The van der Waals surface area contributed by atoms with Crippen molar-refractivity contribution in [2.45, 2.75) is 19.8 Å². The van der Waals surface area contributed by atoms with Crippen molar-refractivity contribution in [3.8, 4) is 0 Å². The normalized spacial score (nSPS) is 12.2. The van der Waals surface area contributed by atoms with Crippen LogP contribution in [0, 0.1) is 5.82 Å². The van der Waals surface area contributed by atoms with E-state index in [1.54, 1.807) is 19.1 Å². The van der Waals surface area contributed by atoms with Crippen LogP contribution in [0.5, 0.6) is 0 Å². The number of benzene rings is 1. The Morgan fingerprint density at radius 2 is 2.21 bits per heavy atom. The number of ketones is 1. The van der Waals surface area contributed by atoms with Crippen LogP contribution in [0.2, 0.25) is 0 Å². The minimum Gasteiger partial charge on any atom is -0.299 e. The highest BCUT2D eigenvalue weighted by Gasteiger charge is 2.11. The summed E-state index contributed by atoms with van der Waals surface area (Å²) < 4.78 is 13.3. The first-order valence-corrected chi connectivity index (χ1v) is 4.48. The molecule has 2 heteroatoms. The molecule has 0 fully saturated rings. The second kappa shape index (κ2) is 4.18. The summed E-state index contributed by atoms with van der Waals surface area (Å²) in [6.07, 6.45) is 1.46. The summed E-state index contributed by atoms with van der Waals surface area (Å²) in [4.78, 5) is 11.1. The topological polar surface area (TPSA) is 17.1 Å². The van der Waals surface area contributed by atoms with E-state index >= 15 is 0 Å². The van der Waals surface area contributed by atoms with E-state index in [4.69, 9.17) is 0 Å². The lowest BCUT2D eigenvalue weighted by Crippen LogP contribution is -2.04. The van der Waals surface area contributed by atoms with Crippen molar-refractivity contribution in [3.63, 3.8) is 0 Å². The van der Waals surface area contributed by atoms with Crippen LogP contribution in [0.3, 0.4) is 0 Å². The number of Topliss-reactive ketones (excluding diaryl/α,β-unsaturated/α-hetero) is 1.